The standard InChI is InChI=1S/C27H29F3N2O2/c28-21-5-1-19(2-6-21)27(20-3-7-22(29)8-4-20)34-18-26(33)17-31-24-13-15-32(16-14-24)25-11-9-23(30)10-12-25/h1-12,24,26-27,31,33H,13-18H2. The molecule has 0 saturated carbocycles. The summed E-state index contributed by atoms with van der Waals surface area (Å²) in [4.78, 5) is 2.23. The predicted octanol–water partition coefficient (Wildman–Crippen LogP) is 4.83. The van der Waals surface area contributed by atoms with Crippen molar-refractivity contribution < 1.29 is 23.0 Å². The summed E-state index contributed by atoms with van der Waals surface area (Å²) < 4.78 is 45.9. The van der Waals surface area contributed by atoms with Crippen molar-refractivity contribution in [2.75, 3.05) is 31.1 Å². The van der Waals surface area contributed by atoms with Gasteiger partial charge in [-0.2, -0.15) is 0 Å². The Kier molecular flexibility index (Phi) is 8.21. The molecule has 3 aromatic rings. The molecule has 0 aliphatic carbocycles. The van der Waals surface area contributed by atoms with Gasteiger partial charge in [-0.1, -0.05) is 24.3 Å². The van der Waals surface area contributed by atoms with Crippen LogP contribution in [0.4, 0.5) is 18.9 Å². The highest BCUT2D eigenvalue weighted by atomic mass is 19.1. The van der Waals surface area contributed by atoms with Gasteiger partial charge in [0.15, 0.2) is 0 Å². The molecule has 180 valence electrons. The first-order chi connectivity index (χ1) is 16.5. The minimum absolute atomic E-state index is 0.0703. The van der Waals surface area contributed by atoms with Crippen LogP contribution in [0.2, 0.25) is 0 Å². The third kappa shape index (κ3) is 6.59. The molecule has 3 aromatic carbocycles. The van der Waals surface area contributed by atoms with Gasteiger partial charge < -0.3 is 20.1 Å². The minimum Gasteiger partial charge on any atom is -0.389 e. The van der Waals surface area contributed by atoms with Crippen molar-refractivity contribution in [2.24, 2.45) is 0 Å². The average molecular weight is 471 g/mol. The normalized spacial score (nSPS) is 15.6. The molecule has 0 spiro atoms. The van der Waals surface area contributed by atoms with Crippen LogP contribution < -0.4 is 10.2 Å². The molecule has 0 aromatic heterocycles. The van der Waals surface area contributed by atoms with Crippen molar-refractivity contribution in [2.45, 2.75) is 31.1 Å². The summed E-state index contributed by atoms with van der Waals surface area (Å²) in [5.74, 6) is -0.940. The van der Waals surface area contributed by atoms with E-state index < -0.39 is 12.2 Å². The molecular formula is C27H29F3N2O2. The van der Waals surface area contributed by atoms with E-state index in [9.17, 15) is 18.3 Å². The zero-order chi connectivity index (χ0) is 23.9. The number of hydrogen-bond donors (Lipinski definition) is 2. The molecule has 2 N–H and O–H groups in total. The van der Waals surface area contributed by atoms with E-state index in [4.69, 9.17) is 4.74 Å². The number of anilines is 1. The molecular weight excluding hydrogens is 441 g/mol. The van der Waals surface area contributed by atoms with Gasteiger partial charge >= 0.3 is 0 Å². The van der Waals surface area contributed by atoms with E-state index >= 15 is 0 Å². The molecule has 4 nitrogen and oxygen atoms in total. The smallest absolute Gasteiger partial charge is 0.123 e. The Balaban J connectivity index is 1.27. The Morgan fingerprint density at radius 3 is 1.76 bits per heavy atom. The second-order valence-electron chi connectivity index (χ2n) is 8.62. The fourth-order valence-corrected chi connectivity index (χ4v) is 4.22. The van der Waals surface area contributed by atoms with E-state index in [0.717, 1.165) is 42.7 Å². The molecule has 0 bridgehead atoms. The minimum atomic E-state index is -0.737. The highest BCUT2D eigenvalue weighted by Crippen LogP contribution is 2.27. The molecule has 1 aliphatic heterocycles. The summed E-state index contributed by atoms with van der Waals surface area (Å²) in [6.07, 6.45) is 0.547. The summed E-state index contributed by atoms with van der Waals surface area (Å²) >= 11 is 0. The maximum atomic E-state index is 13.4. The average Bonchev–Trinajstić information content (AvgIpc) is 2.86. The maximum absolute atomic E-state index is 13.4. The predicted molar refractivity (Wildman–Crippen MR) is 126 cm³/mol. The Labute approximate surface area is 198 Å². The van der Waals surface area contributed by atoms with Gasteiger partial charge in [0, 0.05) is 31.4 Å². The van der Waals surface area contributed by atoms with Crippen molar-refractivity contribution >= 4 is 5.69 Å². The molecule has 1 aliphatic rings. The summed E-state index contributed by atoms with van der Waals surface area (Å²) in [5, 5.41) is 13.9. The fraction of sp³-hybridized carbons (Fsp3) is 0.333. The highest BCUT2D eigenvalue weighted by molar-refractivity contribution is 5.46. The van der Waals surface area contributed by atoms with Crippen LogP contribution in [-0.2, 0) is 4.74 Å². The summed E-state index contributed by atoms with van der Waals surface area (Å²) in [7, 11) is 0. The van der Waals surface area contributed by atoms with Crippen LogP contribution in [0.3, 0.4) is 0 Å². The van der Waals surface area contributed by atoms with Crippen LogP contribution in [0, 0.1) is 17.5 Å². The third-order valence-corrected chi connectivity index (χ3v) is 6.13. The molecule has 4 rings (SSSR count). The molecule has 1 heterocycles. The second kappa shape index (κ2) is 11.5. The lowest BCUT2D eigenvalue weighted by molar-refractivity contribution is 0.00532. The number of aliphatic hydroxyl groups excluding tert-OH is 1. The maximum Gasteiger partial charge on any atom is 0.123 e. The van der Waals surface area contributed by atoms with E-state index in [0.29, 0.717) is 6.54 Å². The van der Waals surface area contributed by atoms with E-state index in [1.807, 2.05) is 0 Å². The summed E-state index contributed by atoms with van der Waals surface area (Å²) in [6.45, 7) is 2.15. The van der Waals surface area contributed by atoms with Crippen molar-refractivity contribution in [1.82, 2.24) is 5.32 Å². The Hall–Kier alpha value is -2.87. The topological polar surface area (TPSA) is 44.7 Å². The SMILES string of the molecule is OC(CNC1CCN(c2ccc(F)cc2)CC1)COC(c1ccc(F)cc1)c1ccc(F)cc1. The van der Waals surface area contributed by atoms with Gasteiger partial charge in [-0.3, -0.25) is 0 Å². The van der Waals surface area contributed by atoms with Crippen molar-refractivity contribution in [3.63, 3.8) is 0 Å². The lowest BCUT2D eigenvalue weighted by atomic mass is 10.0. The molecule has 0 amide bonds. The molecule has 0 radical (unpaired) electrons. The number of halogens is 3. The fourth-order valence-electron chi connectivity index (χ4n) is 4.22. The van der Waals surface area contributed by atoms with Gasteiger partial charge in [0.25, 0.3) is 0 Å². The Morgan fingerprint density at radius 2 is 1.26 bits per heavy atom. The zero-order valence-corrected chi connectivity index (χ0v) is 18.8. The lowest BCUT2D eigenvalue weighted by Gasteiger charge is -2.34. The van der Waals surface area contributed by atoms with Crippen molar-refractivity contribution in [1.29, 1.82) is 0 Å². The Bertz CT molecular complexity index is 976. The quantitative estimate of drug-likeness (QED) is 0.470. The number of nitrogens with one attached hydrogen (secondary N) is 1. The molecule has 1 saturated heterocycles. The first-order valence-electron chi connectivity index (χ1n) is 11.5. The van der Waals surface area contributed by atoms with Crippen LogP contribution in [-0.4, -0.2) is 43.5 Å². The van der Waals surface area contributed by atoms with Gasteiger partial charge in [-0.15, -0.1) is 0 Å². The number of aliphatic hydroxyl groups is 1. The largest absolute Gasteiger partial charge is 0.389 e. The molecule has 1 fully saturated rings. The van der Waals surface area contributed by atoms with Gasteiger partial charge in [0.1, 0.15) is 23.6 Å². The first kappa shape index (κ1) is 24.3. The van der Waals surface area contributed by atoms with Crippen LogP contribution >= 0.6 is 0 Å². The monoisotopic (exact) mass is 470 g/mol. The lowest BCUT2D eigenvalue weighted by Crippen LogP contribution is -2.45. The summed E-state index contributed by atoms with van der Waals surface area (Å²) in [6, 6.07) is 18.7. The third-order valence-electron chi connectivity index (χ3n) is 6.13. The van der Waals surface area contributed by atoms with Crippen molar-refractivity contribution in [3.8, 4) is 0 Å². The van der Waals surface area contributed by atoms with Gasteiger partial charge in [0.05, 0.1) is 12.7 Å². The number of piperidine rings is 1. The molecule has 34 heavy (non-hydrogen) atoms. The number of benzene rings is 3. The second-order valence-corrected chi connectivity index (χ2v) is 8.62. The highest BCUT2D eigenvalue weighted by Gasteiger charge is 2.21. The van der Waals surface area contributed by atoms with E-state index in [-0.39, 0.29) is 30.1 Å². The van der Waals surface area contributed by atoms with E-state index in [1.165, 1.54) is 36.4 Å². The molecule has 7 heteroatoms. The van der Waals surface area contributed by atoms with E-state index in [2.05, 4.69) is 10.2 Å². The summed E-state index contributed by atoms with van der Waals surface area (Å²) in [5.41, 5.74) is 2.46. The van der Waals surface area contributed by atoms with Crippen molar-refractivity contribution in [3.05, 3.63) is 101 Å². The van der Waals surface area contributed by atoms with Crippen LogP contribution in [0.15, 0.2) is 72.8 Å². The van der Waals surface area contributed by atoms with E-state index in [1.54, 1.807) is 36.4 Å². The number of hydrogen-bond acceptors (Lipinski definition) is 4. The number of nitrogens with zero attached hydrogens (tertiary/aromatic N) is 1. The van der Waals surface area contributed by atoms with Gasteiger partial charge in [-0.05, 0) is 72.5 Å². The molecule has 1 atom stereocenters. The van der Waals surface area contributed by atoms with Crippen LogP contribution in [0.25, 0.3) is 0 Å². The van der Waals surface area contributed by atoms with Crippen LogP contribution in [0.1, 0.15) is 30.1 Å². The number of rotatable bonds is 9. The zero-order valence-electron chi connectivity index (χ0n) is 18.8. The van der Waals surface area contributed by atoms with Crippen LogP contribution in [0.5, 0.6) is 0 Å². The molecule has 1 unspecified atom stereocenters. The van der Waals surface area contributed by atoms with Gasteiger partial charge in [-0.25, -0.2) is 13.2 Å². The first-order valence-corrected chi connectivity index (χ1v) is 11.5. The Morgan fingerprint density at radius 1 is 0.794 bits per heavy atom. The number of ether oxygens (including phenoxy) is 1. The van der Waals surface area contributed by atoms with Gasteiger partial charge in [0.2, 0.25) is 0 Å².